The largest absolute Gasteiger partial charge is 0.452 e. The molecule has 1 aromatic rings. The van der Waals surface area contributed by atoms with Gasteiger partial charge in [-0.3, -0.25) is 0 Å². The second-order valence-corrected chi connectivity index (χ2v) is 5.68. The Bertz CT molecular complexity index is 551. The number of carbonyl (C=O) groups is 1. The number of rotatable bonds is 2. The molecule has 5 heteroatoms. The standard InChI is InChI=1S/C16H18O5/c1-16(2)20-13-11(17)8-9-12(14(13)21-16)19-15(18)10-6-4-3-5-7-10/h3-9,11-14,17H,1-2H3/t11-,12-,13+,14-/m0/s1. The Hall–Kier alpha value is -1.69. The number of benzene rings is 1. The lowest BCUT2D eigenvalue weighted by molar-refractivity contribution is -0.156. The molecule has 21 heavy (non-hydrogen) atoms. The van der Waals surface area contributed by atoms with Crippen molar-refractivity contribution in [2.45, 2.75) is 44.1 Å². The van der Waals surface area contributed by atoms with Crippen LogP contribution in [0.4, 0.5) is 0 Å². The number of ether oxygens (including phenoxy) is 3. The topological polar surface area (TPSA) is 65.0 Å². The van der Waals surface area contributed by atoms with Crippen molar-refractivity contribution in [1.82, 2.24) is 0 Å². The fraction of sp³-hybridized carbons (Fsp3) is 0.438. The maximum atomic E-state index is 12.1. The minimum Gasteiger partial charge on any atom is -0.452 e. The zero-order valence-electron chi connectivity index (χ0n) is 11.9. The molecular formula is C16H18O5. The highest BCUT2D eigenvalue weighted by Crippen LogP contribution is 2.35. The fourth-order valence-electron chi connectivity index (χ4n) is 2.65. The van der Waals surface area contributed by atoms with Crippen molar-refractivity contribution in [2.75, 3.05) is 0 Å². The van der Waals surface area contributed by atoms with Crippen molar-refractivity contribution in [2.24, 2.45) is 0 Å². The van der Waals surface area contributed by atoms with Gasteiger partial charge in [-0.1, -0.05) is 24.3 Å². The average molecular weight is 290 g/mol. The first-order valence-corrected chi connectivity index (χ1v) is 6.94. The quantitative estimate of drug-likeness (QED) is 0.663. The molecule has 0 aromatic heterocycles. The van der Waals surface area contributed by atoms with Gasteiger partial charge in [0.2, 0.25) is 0 Å². The summed E-state index contributed by atoms with van der Waals surface area (Å²) in [7, 11) is 0. The van der Waals surface area contributed by atoms with Crippen LogP contribution in [0.25, 0.3) is 0 Å². The number of esters is 1. The summed E-state index contributed by atoms with van der Waals surface area (Å²) >= 11 is 0. The van der Waals surface area contributed by atoms with E-state index >= 15 is 0 Å². The van der Waals surface area contributed by atoms with Gasteiger partial charge in [0, 0.05) is 0 Å². The second kappa shape index (κ2) is 5.26. The first kappa shape index (κ1) is 14.3. The van der Waals surface area contributed by atoms with Crippen LogP contribution >= 0.6 is 0 Å². The molecule has 1 aliphatic heterocycles. The number of hydrogen-bond acceptors (Lipinski definition) is 5. The molecule has 3 rings (SSSR count). The molecule has 1 fully saturated rings. The van der Waals surface area contributed by atoms with E-state index < -0.39 is 36.2 Å². The monoisotopic (exact) mass is 290 g/mol. The van der Waals surface area contributed by atoms with E-state index in [1.165, 1.54) is 0 Å². The molecule has 0 saturated carbocycles. The minimum atomic E-state index is -0.806. The third kappa shape index (κ3) is 2.85. The van der Waals surface area contributed by atoms with Gasteiger partial charge in [0.25, 0.3) is 0 Å². The molecule has 0 spiro atoms. The van der Waals surface area contributed by atoms with Gasteiger partial charge in [0.05, 0.1) is 5.56 Å². The van der Waals surface area contributed by atoms with Gasteiger partial charge in [-0.05, 0) is 32.1 Å². The number of carbonyl (C=O) groups excluding carboxylic acids is 1. The first-order valence-electron chi connectivity index (χ1n) is 6.94. The maximum absolute atomic E-state index is 12.1. The van der Waals surface area contributed by atoms with Crippen molar-refractivity contribution < 1.29 is 24.1 Å². The van der Waals surface area contributed by atoms with E-state index in [2.05, 4.69) is 0 Å². The molecule has 112 valence electrons. The normalized spacial score (nSPS) is 33.5. The van der Waals surface area contributed by atoms with E-state index in [1.54, 1.807) is 50.3 Å². The van der Waals surface area contributed by atoms with E-state index in [1.807, 2.05) is 6.07 Å². The van der Waals surface area contributed by atoms with Crippen LogP contribution in [0.2, 0.25) is 0 Å². The molecule has 2 aliphatic rings. The average Bonchev–Trinajstić information content (AvgIpc) is 2.79. The Morgan fingerprint density at radius 2 is 1.81 bits per heavy atom. The Morgan fingerprint density at radius 3 is 2.52 bits per heavy atom. The van der Waals surface area contributed by atoms with Crippen molar-refractivity contribution in [1.29, 1.82) is 0 Å². The van der Waals surface area contributed by atoms with E-state index in [9.17, 15) is 9.90 Å². The van der Waals surface area contributed by atoms with Crippen molar-refractivity contribution in [3.63, 3.8) is 0 Å². The predicted octanol–water partition coefficient (Wildman–Crippen LogP) is 1.66. The smallest absolute Gasteiger partial charge is 0.338 e. The summed E-state index contributed by atoms with van der Waals surface area (Å²) < 4.78 is 16.9. The van der Waals surface area contributed by atoms with Gasteiger partial charge in [-0.25, -0.2) is 4.79 Å². The summed E-state index contributed by atoms with van der Waals surface area (Å²) in [5.41, 5.74) is 0.478. The van der Waals surface area contributed by atoms with Crippen LogP contribution in [0.1, 0.15) is 24.2 Å². The lowest BCUT2D eigenvalue weighted by Gasteiger charge is -2.29. The molecule has 1 N–H and O–H groups in total. The van der Waals surface area contributed by atoms with Gasteiger partial charge in [0.15, 0.2) is 5.79 Å². The van der Waals surface area contributed by atoms with E-state index in [-0.39, 0.29) is 0 Å². The van der Waals surface area contributed by atoms with Crippen LogP contribution in [-0.2, 0) is 14.2 Å². The zero-order chi connectivity index (χ0) is 15.0. The number of fused-ring (bicyclic) bond motifs is 1. The molecule has 0 radical (unpaired) electrons. The van der Waals surface area contributed by atoms with Gasteiger partial charge >= 0.3 is 5.97 Å². The molecule has 4 atom stereocenters. The molecule has 1 aromatic carbocycles. The summed E-state index contributed by atoms with van der Waals surface area (Å²) in [5.74, 6) is -1.23. The molecule has 0 amide bonds. The lowest BCUT2D eigenvalue weighted by Crippen LogP contribution is -2.46. The number of hydrogen-bond donors (Lipinski definition) is 1. The van der Waals surface area contributed by atoms with Gasteiger partial charge < -0.3 is 19.3 Å². The third-order valence-electron chi connectivity index (χ3n) is 3.57. The number of aliphatic hydroxyl groups is 1. The molecule has 1 heterocycles. The van der Waals surface area contributed by atoms with E-state index in [4.69, 9.17) is 14.2 Å². The molecule has 1 saturated heterocycles. The van der Waals surface area contributed by atoms with Gasteiger partial charge in [-0.2, -0.15) is 0 Å². The Balaban J connectivity index is 1.76. The summed E-state index contributed by atoms with van der Waals surface area (Å²) in [4.78, 5) is 12.1. The van der Waals surface area contributed by atoms with Crippen molar-refractivity contribution in [3.05, 3.63) is 48.0 Å². The Kier molecular flexibility index (Phi) is 3.57. The van der Waals surface area contributed by atoms with Crippen molar-refractivity contribution in [3.8, 4) is 0 Å². The summed E-state index contributed by atoms with van der Waals surface area (Å²) in [6.45, 7) is 3.54. The minimum absolute atomic E-state index is 0.423. The molecular weight excluding hydrogens is 272 g/mol. The van der Waals surface area contributed by atoms with Crippen LogP contribution in [0, 0.1) is 0 Å². The Labute approximate surface area is 123 Å². The maximum Gasteiger partial charge on any atom is 0.338 e. The molecule has 0 unspecified atom stereocenters. The van der Waals surface area contributed by atoms with Crippen LogP contribution < -0.4 is 0 Å². The summed E-state index contributed by atoms with van der Waals surface area (Å²) in [6, 6.07) is 8.77. The zero-order valence-corrected chi connectivity index (χ0v) is 11.9. The first-order chi connectivity index (χ1) is 9.96. The third-order valence-corrected chi connectivity index (χ3v) is 3.57. The fourth-order valence-corrected chi connectivity index (χ4v) is 2.65. The van der Waals surface area contributed by atoms with Crippen LogP contribution in [0.15, 0.2) is 42.5 Å². The summed E-state index contributed by atoms with van der Waals surface area (Å²) in [5, 5.41) is 9.95. The van der Waals surface area contributed by atoms with Crippen molar-refractivity contribution >= 4 is 5.97 Å². The van der Waals surface area contributed by atoms with Crippen LogP contribution in [0.3, 0.4) is 0 Å². The van der Waals surface area contributed by atoms with Crippen LogP contribution in [0.5, 0.6) is 0 Å². The van der Waals surface area contributed by atoms with E-state index in [0.29, 0.717) is 5.56 Å². The highest BCUT2D eigenvalue weighted by Gasteiger charge is 2.50. The van der Waals surface area contributed by atoms with Gasteiger partial charge in [-0.15, -0.1) is 0 Å². The van der Waals surface area contributed by atoms with Gasteiger partial charge in [0.1, 0.15) is 24.4 Å². The highest BCUT2D eigenvalue weighted by molar-refractivity contribution is 5.89. The SMILES string of the molecule is CC1(C)O[C@@H]2[C@H](O1)[C@@H](O)C=C[C@@H]2OC(=O)c1ccccc1. The molecule has 1 aliphatic carbocycles. The lowest BCUT2D eigenvalue weighted by atomic mass is 9.96. The number of aliphatic hydroxyl groups excluding tert-OH is 1. The molecule has 5 nitrogen and oxygen atoms in total. The molecule has 0 bridgehead atoms. The van der Waals surface area contributed by atoms with Crippen LogP contribution in [-0.4, -0.2) is 41.3 Å². The van der Waals surface area contributed by atoms with E-state index in [0.717, 1.165) is 0 Å². The second-order valence-electron chi connectivity index (χ2n) is 5.68. The predicted molar refractivity (Wildman–Crippen MR) is 74.6 cm³/mol. The highest BCUT2D eigenvalue weighted by atomic mass is 16.8. The summed E-state index contributed by atoms with van der Waals surface area (Å²) in [6.07, 6.45) is 0.856. The Morgan fingerprint density at radius 1 is 1.14 bits per heavy atom.